The van der Waals surface area contributed by atoms with Crippen LogP contribution in [0.2, 0.25) is 0 Å². The molecule has 0 aliphatic carbocycles. The topological polar surface area (TPSA) is 83.6 Å². The number of carbonyl (C=O) groups excluding carboxylic acids is 1. The minimum absolute atomic E-state index is 0.135. The highest BCUT2D eigenvalue weighted by molar-refractivity contribution is 8.00. The van der Waals surface area contributed by atoms with Gasteiger partial charge in [0.15, 0.2) is 0 Å². The van der Waals surface area contributed by atoms with Crippen LogP contribution in [0.3, 0.4) is 0 Å². The Morgan fingerprint density at radius 1 is 1.38 bits per heavy atom. The predicted octanol–water partition coefficient (Wildman–Crippen LogP) is 3.04. The molecule has 0 aliphatic rings. The van der Waals surface area contributed by atoms with Crippen molar-refractivity contribution in [1.29, 1.82) is 5.26 Å². The molecule has 0 unspecified atom stereocenters. The number of hydrogen-bond donors (Lipinski definition) is 1. The highest BCUT2D eigenvalue weighted by Crippen LogP contribution is 2.28. The minimum atomic E-state index is -0.384. The predicted molar refractivity (Wildman–Crippen MR) is 95.1 cm³/mol. The molecule has 24 heavy (non-hydrogen) atoms. The number of aromatic nitrogens is 3. The third kappa shape index (κ3) is 3.60. The molecule has 0 bridgehead atoms. The van der Waals surface area contributed by atoms with Gasteiger partial charge in [0.05, 0.1) is 27.9 Å². The molecule has 0 aliphatic heterocycles. The molecule has 2 heterocycles. The van der Waals surface area contributed by atoms with Crippen LogP contribution in [0, 0.1) is 39.0 Å². The smallest absolute Gasteiger partial charge is 0.237 e. The molecule has 7 heteroatoms. The molecule has 0 radical (unpaired) electrons. The maximum atomic E-state index is 12.5. The van der Waals surface area contributed by atoms with Gasteiger partial charge in [-0.05, 0) is 46.2 Å². The monoisotopic (exact) mass is 343 g/mol. The van der Waals surface area contributed by atoms with Crippen molar-refractivity contribution >= 4 is 23.4 Å². The maximum Gasteiger partial charge on any atom is 0.237 e. The van der Waals surface area contributed by atoms with Crippen LogP contribution in [-0.2, 0) is 11.8 Å². The van der Waals surface area contributed by atoms with Gasteiger partial charge in [-0.15, -0.1) is 0 Å². The summed E-state index contributed by atoms with van der Waals surface area (Å²) in [7, 11) is 1.84. The number of nitrogens with zero attached hydrogens (tertiary/aromatic N) is 4. The molecule has 2 aromatic heterocycles. The van der Waals surface area contributed by atoms with Gasteiger partial charge in [0.1, 0.15) is 11.1 Å². The quantitative estimate of drug-likeness (QED) is 0.863. The molecular weight excluding hydrogens is 322 g/mol. The van der Waals surface area contributed by atoms with Gasteiger partial charge in [-0.25, -0.2) is 4.98 Å². The number of hydrogen-bond acceptors (Lipinski definition) is 5. The highest BCUT2D eigenvalue weighted by atomic mass is 32.2. The van der Waals surface area contributed by atoms with Crippen molar-refractivity contribution in [2.75, 3.05) is 5.32 Å². The second kappa shape index (κ2) is 7.05. The fraction of sp³-hybridized carbons (Fsp3) is 0.412. The van der Waals surface area contributed by atoms with Gasteiger partial charge in [-0.1, -0.05) is 11.8 Å². The summed E-state index contributed by atoms with van der Waals surface area (Å²) in [5, 5.41) is 16.8. The van der Waals surface area contributed by atoms with E-state index in [1.54, 1.807) is 4.68 Å². The summed E-state index contributed by atoms with van der Waals surface area (Å²) in [6, 6.07) is 4.05. The van der Waals surface area contributed by atoms with Crippen LogP contribution in [-0.4, -0.2) is 25.9 Å². The average molecular weight is 343 g/mol. The summed E-state index contributed by atoms with van der Waals surface area (Å²) in [5.41, 5.74) is 4.66. The third-order valence-electron chi connectivity index (χ3n) is 3.84. The zero-order valence-electron chi connectivity index (χ0n) is 14.8. The first-order valence-electron chi connectivity index (χ1n) is 7.60. The van der Waals surface area contributed by atoms with Crippen molar-refractivity contribution in [3.05, 3.63) is 34.3 Å². The number of rotatable bonds is 4. The average Bonchev–Trinajstić information content (AvgIpc) is 2.73. The van der Waals surface area contributed by atoms with Crippen LogP contribution in [0.4, 0.5) is 5.69 Å². The van der Waals surface area contributed by atoms with E-state index in [9.17, 15) is 10.1 Å². The molecular formula is C17H21N5OS. The van der Waals surface area contributed by atoms with E-state index in [4.69, 9.17) is 0 Å². The molecule has 6 nitrogen and oxygen atoms in total. The van der Waals surface area contributed by atoms with Crippen LogP contribution in [0.25, 0.3) is 0 Å². The number of nitrogens with one attached hydrogen (secondary N) is 1. The number of pyridine rings is 1. The van der Waals surface area contributed by atoms with E-state index < -0.39 is 0 Å². The van der Waals surface area contributed by atoms with Crippen molar-refractivity contribution in [3.8, 4) is 6.07 Å². The summed E-state index contributed by atoms with van der Waals surface area (Å²) in [6.45, 7) is 9.34. The van der Waals surface area contributed by atoms with E-state index in [1.807, 2.05) is 47.7 Å². The van der Waals surface area contributed by atoms with Crippen LogP contribution in [0.15, 0.2) is 11.1 Å². The van der Waals surface area contributed by atoms with Crippen molar-refractivity contribution < 1.29 is 4.79 Å². The summed E-state index contributed by atoms with van der Waals surface area (Å²) in [4.78, 5) is 16.9. The van der Waals surface area contributed by atoms with Gasteiger partial charge in [-0.2, -0.15) is 10.4 Å². The minimum Gasteiger partial charge on any atom is -0.322 e. The lowest BCUT2D eigenvalue weighted by atomic mass is 10.1. The van der Waals surface area contributed by atoms with E-state index in [-0.39, 0.29) is 11.2 Å². The Labute approximate surface area is 146 Å². The van der Waals surface area contributed by atoms with E-state index >= 15 is 0 Å². The number of nitriles is 1. The van der Waals surface area contributed by atoms with Crippen molar-refractivity contribution in [3.63, 3.8) is 0 Å². The van der Waals surface area contributed by atoms with Crippen molar-refractivity contribution in [2.24, 2.45) is 7.05 Å². The summed E-state index contributed by atoms with van der Waals surface area (Å²) in [6.07, 6.45) is 0. The first kappa shape index (κ1) is 18.0. The standard InChI is InChI=1S/C17H21N5OS/c1-9-7-10(2)19-17(14(9)8-18)24-13(5)16(23)20-15-11(3)21-22(6)12(15)4/h7,13H,1-6H3,(H,20,23)/t13-/m1/s1. The number of carbonyl (C=O) groups is 1. The Kier molecular flexibility index (Phi) is 5.30. The van der Waals surface area contributed by atoms with Crippen LogP contribution in [0.5, 0.6) is 0 Å². The van der Waals surface area contributed by atoms with Crippen molar-refractivity contribution in [2.45, 2.75) is 44.9 Å². The van der Waals surface area contributed by atoms with E-state index in [1.165, 1.54) is 11.8 Å². The van der Waals surface area contributed by atoms with E-state index in [0.29, 0.717) is 10.6 Å². The van der Waals surface area contributed by atoms with Gasteiger partial charge in [0.2, 0.25) is 5.91 Å². The lowest BCUT2D eigenvalue weighted by molar-refractivity contribution is -0.115. The fourth-order valence-corrected chi connectivity index (χ4v) is 3.45. The third-order valence-corrected chi connectivity index (χ3v) is 4.92. The second-order valence-electron chi connectivity index (χ2n) is 5.79. The molecule has 1 amide bonds. The van der Waals surface area contributed by atoms with E-state index in [0.717, 1.165) is 28.3 Å². The SMILES string of the molecule is Cc1cc(C)c(C#N)c(S[C@H](C)C(=O)Nc2c(C)nn(C)c2C)n1. The maximum absolute atomic E-state index is 12.5. The van der Waals surface area contributed by atoms with Crippen LogP contribution < -0.4 is 5.32 Å². The largest absolute Gasteiger partial charge is 0.322 e. The lowest BCUT2D eigenvalue weighted by Crippen LogP contribution is -2.23. The molecule has 1 N–H and O–H groups in total. The first-order chi connectivity index (χ1) is 11.2. The fourth-order valence-electron chi connectivity index (χ4n) is 2.42. The normalized spacial score (nSPS) is 11.9. The summed E-state index contributed by atoms with van der Waals surface area (Å²) < 4.78 is 1.74. The first-order valence-corrected chi connectivity index (χ1v) is 8.48. The number of amides is 1. The Bertz CT molecular complexity index is 834. The molecule has 0 fully saturated rings. The zero-order valence-corrected chi connectivity index (χ0v) is 15.6. The molecule has 0 aromatic carbocycles. The zero-order chi connectivity index (χ0) is 18.0. The number of aryl methyl sites for hydroxylation is 4. The van der Waals surface area contributed by atoms with Gasteiger partial charge in [0.25, 0.3) is 0 Å². The Morgan fingerprint density at radius 3 is 2.58 bits per heavy atom. The van der Waals surface area contributed by atoms with E-state index in [2.05, 4.69) is 21.5 Å². The van der Waals surface area contributed by atoms with Gasteiger partial charge >= 0.3 is 0 Å². The molecule has 0 saturated heterocycles. The van der Waals surface area contributed by atoms with Crippen LogP contribution >= 0.6 is 11.8 Å². The number of thioether (sulfide) groups is 1. The molecule has 0 spiro atoms. The molecule has 126 valence electrons. The summed E-state index contributed by atoms with van der Waals surface area (Å²) >= 11 is 1.30. The Balaban J connectivity index is 2.20. The molecule has 2 aromatic rings. The molecule has 2 rings (SSSR count). The number of anilines is 1. The lowest BCUT2D eigenvalue weighted by Gasteiger charge is -2.14. The molecule has 0 saturated carbocycles. The van der Waals surface area contributed by atoms with Gasteiger partial charge in [-0.3, -0.25) is 9.48 Å². The van der Waals surface area contributed by atoms with Crippen LogP contribution in [0.1, 0.15) is 35.1 Å². The second-order valence-corrected chi connectivity index (χ2v) is 7.12. The molecule has 1 atom stereocenters. The van der Waals surface area contributed by atoms with Gasteiger partial charge < -0.3 is 5.32 Å². The Hall–Kier alpha value is -2.33. The Morgan fingerprint density at radius 2 is 2.04 bits per heavy atom. The van der Waals surface area contributed by atoms with Gasteiger partial charge in [0, 0.05) is 12.7 Å². The highest BCUT2D eigenvalue weighted by Gasteiger charge is 2.21. The summed E-state index contributed by atoms with van der Waals surface area (Å²) in [5.74, 6) is -0.135. The van der Waals surface area contributed by atoms with Crippen molar-refractivity contribution in [1.82, 2.24) is 14.8 Å².